The fourth-order valence-electron chi connectivity index (χ4n) is 2.17. The Kier molecular flexibility index (Phi) is 2.64. The van der Waals surface area contributed by atoms with Crippen molar-refractivity contribution >= 4 is 17.0 Å². The highest BCUT2D eigenvalue weighted by Crippen LogP contribution is 2.17. The maximum absolute atomic E-state index is 12.1. The highest BCUT2D eigenvalue weighted by molar-refractivity contribution is 5.92. The number of aromatic carboxylic acids is 1. The van der Waals surface area contributed by atoms with Crippen molar-refractivity contribution in [2.24, 2.45) is 0 Å². The summed E-state index contributed by atoms with van der Waals surface area (Å²) in [6.07, 6.45) is 1.63. The quantitative estimate of drug-likeness (QED) is 0.741. The minimum Gasteiger partial charge on any atom is -0.478 e. The number of H-pyrrole nitrogens is 1. The summed E-state index contributed by atoms with van der Waals surface area (Å²) in [6, 6.07) is 8.06. The number of carboxylic acid groups (broad SMARTS) is 1. The first-order valence-electron chi connectivity index (χ1n) is 5.97. The van der Waals surface area contributed by atoms with Gasteiger partial charge in [-0.25, -0.2) is 9.59 Å². The average Bonchev–Trinajstić information content (AvgIpc) is 2.73. The minimum absolute atomic E-state index is 0.136. The first-order chi connectivity index (χ1) is 9.56. The molecule has 100 valence electrons. The molecule has 0 bridgehead atoms. The number of nitrogens with one attached hydrogen (secondary N) is 1. The van der Waals surface area contributed by atoms with Crippen molar-refractivity contribution in [1.82, 2.24) is 14.5 Å². The molecule has 2 N–H and O–H groups in total. The van der Waals surface area contributed by atoms with Crippen LogP contribution in [0.2, 0.25) is 0 Å². The van der Waals surface area contributed by atoms with E-state index in [4.69, 9.17) is 5.11 Å². The zero-order valence-electron chi connectivity index (χ0n) is 10.6. The molecule has 20 heavy (non-hydrogen) atoms. The third-order valence-electron chi connectivity index (χ3n) is 3.07. The SMILES string of the molecule is Cc1cc(-n2c(=O)[nH]c3cc(C(=O)O)ccc32)ccn1. The Morgan fingerprint density at radius 3 is 2.80 bits per heavy atom. The van der Waals surface area contributed by atoms with Crippen molar-refractivity contribution in [3.8, 4) is 5.69 Å². The number of carboxylic acids is 1. The van der Waals surface area contributed by atoms with Crippen molar-refractivity contribution in [3.63, 3.8) is 0 Å². The lowest BCUT2D eigenvalue weighted by Gasteiger charge is -2.04. The van der Waals surface area contributed by atoms with Gasteiger partial charge in [0.25, 0.3) is 0 Å². The van der Waals surface area contributed by atoms with Gasteiger partial charge in [0, 0.05) is 11.9 Å². The lowest BCUT2D eigenvalue weighted by Crippen LogP contribution is -2.14. The molecule has 0 saturated carbocycles. The molecular formula is C14H11N3O3. The van der Waals surface area contributed by atoms with Gasteiger partial charge >= 0.3 is 11.7 Å². The van der Waals surface area contributed by atoms with Gasteiger partial charge in [-0.15, -0.1) is 0 Å². The summed E-state index contributed by atoms with van der Waals surface area (Å²) >= 11 is 0. The third-order valence-corrected chi connectivity index (χ3v) is 3.07. The third kappa shape index (κ3) is 1.87. The van der Waals surface area contributed by atoms with Crippen molar-refractivity contribution < 1.29 is 9.90 Å². The Balaban J connectivity index is 2.29. The van der Waals surface area contributed by atoms with E-state index in [0.717, 1.165) is 5.69 Å². The number of carbonyl (C=O) groups is 1. The number of aryl methyl sites for hydroxylation is 1. The van der Waals surface area contributed by atoms with Crippen molar-refractivity contribution in [2.45, 2.75) is 6.92 Å². The Hall–Kier alpha value is -2.89. The van der Waals surface area contributed by atoms with Gasteiger partial charge in [0.15, 0.2) is 0 Å². The first kappa shape index (κ1) is 12.2. The van der Waals surface area contributed by atoms with E-state index in [1.165, 1.54) is 16.7 Å². The fourth-order valence-corrected chi connectivity index (χ4v) is 2.17. The molecule has 1 aromatic carbocycles. The van der Waals surface area contributed by atoms with Gasteiger partial charge in [-0.2, -0.15) is 0 Å². The maximum atomic E-state index is 12.1. The predicted octanol–water partition coefficient (Wildman–Crippen LogP) is 1.72. The zero-order valence-corrected chi connectivity index (χ0v) is 10.6. The number of nitrogens with zero attached hydrogens (tertiary/aromatic N) is 2. The van der Waals surface area contributed by atoms with Gasteiger partial charge in [-0.05, 0) is 37.3 Å². The van der Waals surface area contributed by atoms with Gasteiger partial charge in [0.1, 0.15) is 0 Å². The summed E-state index contributed by atoms with van der Waals surface area (Å²) in [6.45, 7) is 1.84. The summed E-state index contributed by atoms with van der Waals surface area (Å²) in [5, 5.41) is 8.97. The van der Waals surface area contributed by atoms with Crippen LogP contribution in [0.1, 0.15) is 16.1 Å². The van der Waals surface area contributed by atoms with Crippen LogP contribution in [0.4, 0.5) is 0 Å². The van der Waals surface area contributed by atoms with Gasteiger partial charge in [-0.1, -0.05) is 0 Å². The van der Waals surface area contributed by atoms with Crippen molar-refractivity contribution in [2.75, 3.05) is 0 Å². The standard InChI is InChI=1S/C14H11N3O3/c1-8-6-10(4-5-15-8)17-12-3-2-9(13(18)19)7-11(12)16-14(17)20/h2-7H,1H3,(H,16,20)(H,18,19). The zero-order chi connectivity index (χ0) is 14.3. The molecule has 0 saturated heterocycles. The number of rotatable bonds is 2. The minimum atomic E-state index is -1.03. The molecule has 3 aromatic rings. The monoisotopic (exact) mass is 269 g/mol. The molecule has 0 amide bonds. The van der Waals surface area contributed by atoms with E-state index in [1.54, 1.807) is 24.4 Å². The summed E-state index contributed by atoms with van der Waals surface area (Å²) < 4.78 is 1.50. The van der Waals surface area contributed by atoms with Crippen molar-refractivity contribution in [1.29, 1.82) is 0 Å². The molecule has 2 heterocycles. The molecule has 0 atom stereocenters. The highest BCUT2D eigenvalue weighted by Gasteiger charge is 2.11. The van der Waals surface area contributed by atoms with Crippen LogP contribution in [-0.2, 0) is 0 Å². The Morgan fingerprint density at radius 2 is 2.10 bits per heavy atom. The summed E-state index contributed by atoms with van der Waals surface area (Å²) in [4.78, 5) is 29.8. The second-order valence-corrected chi connectivity index (χ2v) is 4.46. The second-order valence-electron chi connectivity index (χ2n) is 4.46. The largest absolute Gasteiger partial charge is 0.478 e. The van der Waals surface area contributed by atoms with Crippen LogP contribution in [-0.4, -0.2) is 25.6 Å². The van der Waals surface area contributed by atoms with E-state index in [0.29, 0.717) is 16.7 Å². The number of imidazole rings is 1. The van der Waals surface area contributed by atoms with Gasteiger partial charge in [-0.3, -0.25) is 9.55 Å². The molecule has 0 aliphatic carbocycles. The number of hydrogen-bond acceptors (Lipinski definition) is 3. The van der Waals surface area contributed by atoms with Crippen LogP contribution in [0, 0.1) is 6.92 Å². The smallest absolute Gasteiger partial charge is 0.335 e. The van der Waals surface area contributed by atoms with Crippen LogP contribution in [0.15, 0.2) is 41.3 Å². The molecular weight excluding hydrogens is 258 g/mol. The van der Waals surface area contributed by atoms with E-state index in [1.807, 2.05) is 6.92 Å². The van der Waals surface area contributed by atoms with Gasteiger partial charge < -0.3 is 10.1 Å². The first-order valence-corrected chi connectivity index (χ1v) is 5.97. The topological polar surface area (TPSA) is 88.0 Å². The number of pyridine rings is 1. The molecule has 3 rings (SSSR count). The van der Waals surface area contributed by atoms with Crippen molar-refractivity contribution in [3.05, 3.63) is 58.3 Å². The fraction of sp³-hybridized carbons (Fsp3) is 0.0714. The van der Waals surface area contributed by atoms with Gasteiger partial charge in [0.05, 0.1) is 22.3 Å². The average molecular weight is 269 g/mol. The summed E-state index contributed by atoms with van der Waals surface area (Å²) in [5.41, 5.74) is 2.43. The van der Waals surface area contributed by atoms with Crippen LogP contribution in [0.25, 0.3) is 16.7 Å². The Morgan fingerprint density at radius 1 is 1.30 bits per heavy atom. The molecule has 6 nitrogen and oxygen atoms in total. The maximum Gasteiger partial charge on any atom is 0.335 e. The molecule has 0 radical (unpaired) electrons. The summed E-state index contributed by atoms with van der Waals surface area (Å²) in [7, 11) is 0. The number of aromatic amines is 1. The van der Waals surface area contributed by atoms with Crippen LogP contribution in [0.3, 0.4) is 0 Å². The number of fused-ring (bicyclic) bond motifs is 1. The normalized spacial score (nSPS) is 10.8. The molecule has 0 aliphatic heterocycles. The molecule has 6 heteroatoms. The molecule has 0 fully saturated rings. The van der Waals surface area contributed by atoms with E-state index in [-0.39, 0.29) is 11.3 Å². The highest BCUT2D eigenvalue weighted by atomic mass is 16.4. The van der Waals surface area contributed by atoms with E-state index in [9.17, 15) is 9.59 Å². The van der Waals surface area contributed by atoms with E-state index in [2.05, 4.69) is 9.97 Å². The van der Waals surface area contributed by atoms with Gasteiger partial charge in [0.2, 0.25) is 0 Å². The van der Waals surface area contributed by atoms with E-state index < -0.39 is 5.97 Å². The van der Waals surface area contributed by atoms with Crippen LogP contribution >= 0.6 is 0 Å². The number of aromatic nitrogens is 3. The lowest BCUT2D eigenvalue weighted by molar-refractivity contribution is 0.0697. The number of hydrogen-bond donors (Lipinski definition) is 2. The molecule has 2 aromatic heterocycles. The molecule has 0 spiro atoms. The van der Waals surface area contributed by atoms with E-state index >= 15 is 0 Å². The lowest BCUT2D eigenvalue weighted by atomic mass is 10.2. The number of benzene rings is 1. The Labute approximate surface area is 113 Å². The van der Waals surface area contributed by atoms with Crippen LogP contribution in [0.5, 0.6) is 0 Å². The molecule has 0 aliphatic rings. The summed E-state index contributed by atoms with van der Waals surface area (Å²) in [5.74, 6) is -1.03. The molecule has 0 unspecified atom stereocenters. The van der Waals surface area contributed by atoms with Crippen LogP contribution < -0.4 is 5.69 Å². The predicted molar refractivity (Wildman–Crippen MR) is 73.4 cm³/mol. The Bertz CT molecular complexity index is 877. The second kappa shape index (κ2) is 4.34.